The molecule has 0 aliphatic rings. The molecule has 2 heterocycles. The average molecular weight is 313 g/mol. The van der Waals surface area contributed by atoms with E-state index in [0.717, 1.165) is 5.56 Å². The second kappa shape index (κ2) is 6.48. The number of pyridine rings is 1. The van der Waals surface area contributed by atoms with Crippen LogP contribution < -0.4 is 10.6 Å². The lowest BCUT2D eigenvalue weighted by molar-refractivity contribution is 0.236. The summed E-state index contributed by atoms with van der Waals surface area (Å²) in [5.74, 6) is 0.255. The Labute approximate surface area is 132 Å². The molecule has 1 unspecified atom stereocenters. The third kappa shape index (κ3) is 3.66. The summed E-state index contributed by atoms with van der Waals surface area (Å²) in [5.41, 5.74) is 1.55. The minimum atomic E-state index is -0.331. The molecule has 0 aliphatic heterocycles. The highest BCUT2D eigenvalue weighted by atomic mass is 19.1. The van der Waals surface area contributed by atoms with E-state index in [1.54, 1.807) is 31.5 Å². The summed E-state index contributed by atoms with van der Waals surface area (Å²) in [6.07, 6.45) is 3.34. The van der Waals surface area contributed by atoms with Gasteiger partial charge in [0.1, 0.15) is 17.2 Å². The van der Waals surface area contributed by atoms with E-state index in [-0.39, 0.29) is 17.9 Å². The van der Waals surface area contributed by atoms with E-state index in [2.05, 4.69) is 15.6 Å². The highest BCUT2D eigenvalue weighted by Gasteiger charge is 2.14. The van der Waals surface area contributed by atoms with E-state index < -0.39 is 0 Å². The number of benzene rings is 1. The Morgan fingerprint density at radius 2 is 2.04 bits per heavy atom. The molecular weight excluding hydrogens is 297 g/mol. The van der Waals surface area contributed by atoms with E-state index in [1.807, 2.05) is 12.1 Å². The van der Waals surface area contributed by atoms with Gasteiger partial charge in [0.15, 0.2) is 0 Å². The molecule has 0 spiro atoms. The number of amides is 2. The highest BCUT2D eigenvalue weighted by molar-refractivity contribution is 5.78. The monoisotopic (exact) mass is 313 g/mol. The number of nitrogens with zero attached hydrogens (tertiary/aromatic N) is 1. The molecule has 2 aromatic heterocycles. The first-order valence-electron chi connectivity index (χ1n) is 7.24. The second-order valence-electron chi connectivity index (χ2n) is 5.24. The summed E-state index contributed by atoms with van der Waals surface area (Å²) < 4.78 is 18.8. The number of furan rings is 1. The van der Waals surface area contributed by atoms with Gasteiger partial charge in [0.2, 0.25) is 0 Å². The van der Waals surface area contributed by atoms with E-state index in [9.17, 15) is 9.18 Å². The summed E-state index contributed by atoms with van der Waals surface area (Å²) >= 11 is 0. The van der Waals surface area contributed by atoms with Crippen molar-refractivity contribution in [1.29, 1.82) is 0 Å². The van der Waals surface area contributed by atoms with Gasteiger partial charge in [0.05, 0.1) is 6.04 Å². The highest BCUT2D eigenvalue weighted by Crippen LogP contribution is 2.24. The Morgan fingerprint density at radius 1 is 1.26 bits per heavy atom. The lowest BCUT2D eigenvalue weighted by Crippen LogP contribution is -2.36. The van der Waals surface area contributed by atoms with Gasteiger partial charge in [0, 0.05) is 24.3 Å². The Morgan fingerprint density at radius 3 is 2.83 bits per heavy atom. The molecule has 5 nitrogen and oxygen atoms in total. The number of hydrogen-bond donors (Lipinski definition) is 2. The number of halogens is 1. The van der Waals surface area contributed by atoms with E-state index in [0.29, 0.717) is 23.3 Å². The first-order valence-corrected chi connectivity index (χ1v) is 7.24. The molecule has 0 aliphatic carbocycles. The van der Waals surface area contributed by atoms with Gasteiger partial charge in [-0.05, 0) is 48.9 Å². The molecule has 2 N–H and O–H groups in total. The van der Waals surface area contributed by atoms with Crippen LogP contribution in [0.2, 0.25) is 0 Å². The molecule has 23 heavy (non-hydrogen) atoms. The van der Waals surface area contributed by atoms with Crippen molar-refractivity contribution >= 4 is 17.0 Å². The fourth-order valence-corrected chi connectivity index (χ4v) is 2.25. The maximum atomic E-state index is 13.2. The van der Waals surface area contributed by atoms with Crippen LogP contribution in [0, 0.1) is 5.82 Å². The third-order valence-corrected chi connectivity index (χ3v) is 3.47. The number of rotatable bonds is 4. The van der Waals surface area contributed by atoms with Gasteiger partial charge in [0.25, 0.3) is 0 Å². The van der Waals surface area contributed by atoms with Crippen LogP contribution in [0.4, 0.5) is 9.18 Å². The summed E-state index contributed by atoms with van der Waals surface area (Å²) in [5, 5.41) is 6.22. The van der Waals surface area contributed by atoms with Crippen molar-refractivity contribution in [3.05, 3.63) is 65.9 Å². The molecule has 1 aromatic carbocycles. The first kappa shape index (κ1) is 15.0. The lowest BCUT2D eigenvalue weighted by Gasteiger charge is -2.12. The lowest BCUT2D eigenvalue weighted by atomic mass is 10.2. The standard InChI is InChI=1S/C17H16FN3O2/c1-11(16-9-13-8-14(18)2-3-15(13)23-16)21-17(22)20-10-12-4-6-19-7-5-12/h2-9,11H,10H2,1H3,(H2,20,21,22). The van der Waals surface area contributed by atoms with Crippen LogP contribution >= 0.6 is 0 Å². The maximum absolute atomic E-state index is 13.2. The van der Waals surface area contributed by atoms with Crippen LogP contribution in [-0.2, 0) is 6.54 Å². The van der Waals surface area contributed by atoms with Crippen molar-refractivity contribution in [3.63, 3.8) is 0 Å². The van der Waals surface area contributed by atoms with Crippen molar-refractivity contribution in [2.45, 2.75) is 19.5 Å². The molecular formula is C17H16FN3O2. The minimum absolute atomic E-state index is 0.305. The van der Waals surface area contributed by atoms with Gasteiger partial charge >= 0.3 is 6.03 Å². The summed E-state index contributed by atoms with van der Waals surface area (Å²) in [4.78, 5) is 15.8. The first-order chi connectivity index (χ1) is 11.1. The zero-order chi connectivity index (χ0) is 16.2. The molecule has 0 radical (unpaired) electrons. The fraction of sp³-hybridized carbons (Fsp3) is 0.176. The van der Waals surface area contributed by atoms with Crippen molar-refractivity contribution in [1.82, 2.24) is 15.6 Å². The van der Waals surface area contributed by atoms with Crippen LogP contribution in [0.1, 0.15) is 24.3 Å². The number of fused-ring (bicyclic) bond motifs is 1. The Hall–Kier alpha value is -2.89. The molecule has 118 valence electrons. The Kier molecular flexibility index (Phi) is 4.23. The Balaban J connectivity index is 1.61. The van der Waals surface area contributed by atoms with Gasteiger partial charge in [-0.2, -0.15) is 0 Å². The molecule has 2 amide bonds. The van der Waals surface area contributed by atoms with Crippen molar-refractivity contribution in [3.8, 4) is 0 Å². The second-order valence-corrected chi connectivity index (χ2v) is 5.24. The Bertz CT molecular complexity index is 817. The number of nitrogens with one attached hydrogen (secondary N) is 2. The minimum Gasteiger partial charge on any atom is -0.459 e. The zero-order valence-corrected chi connectivity index (χ0v) is 12.5. The normalized spacial score (nSPS) is 12.1. The van der Waals surface area contributed by atoms with Crippen LogP contribution in [0.25, 0.3) is 11.0 Å². The predicted molar refractivity (Wildman–Crippen MR) is 84.2 cm³/mol. The van der Waals surface area contributed by atoms with Crippen molar-refractivity contribution < 1.29 is 13.6 Å². The van der Waals surface area contributed by atoms with Crippen LogP contribution in [0.3, 0.4) is 0 Å². The SMILES string of the molecule is CC(NC(=O)NCc1ccncc1)c1cc2cc(F)ccc2o1. The van der Waals surface area contributed by atoms with E-state index in [4.69, 9.17) is 4.42 Å². The van der Waals surface area contributed by atoms with Crippen LogP contribution in [-0.4, -0.2) is 11.0 Å². The van der Waals surface area contributed by atoms with Crippen molar-refractivity contribution in [2.24, 2.45) is 0 Å². The number of carbonyl (C=O) groups is 1. The summed E-state index contributed by atoms with van der Waals surface area (Å²) in [7, 11) is 0. The predicted octanol–water partition coefficient (Wildman–Crippen LogP) is 3.53. The third-order valence-electron chi connectivity index (χ3n) is 3.47. The molecule has 3 aromatic rings. The summed E-state index contributed by atoms with van der Waals surface area (Å²) in [6.45, 7) is 2.21. The molecule has 0 bridgehead atoms. The topological polar surface area (TPSA) is 67.2 Å². The zero-order valence-electron chi connectivity index (χ0n) is 12.5. The number of aromatic nitrogens is 1. The van der Waals surface area contributed by atoms with Crippen LogP contribution in [0.5, 0.6) is 0 Å². The smallest absolute Gasteiger partial charge is 0.315 e. The average Bonchev–Trinajstić information content (AvgIpc) is 2.97. The van der Waals surface area contributed by atoms with E-state index in [1.165, 1.54) is 12.1 Å². The fourth-order valence-electron chi connectivity index (χ4n) is 2.25. The largest absolute Gasteiger partial charge is 0.459 e. The van der Waals surface area contributed by atoms with Gasteiger partial charge in [-0.25, -0.2) is 9.18 Å². The molecule has 0 saturated carbocycles. The van der Waals surface area contributed by atoms with Gasteiger partial charge < -0.3 is 15.1 Å². The van der Waals surface area contributed by atoms with Gasteiger partial charge in [-0.15, -0.1) is 0 Å². The molecule has 3 rings (SSSR count). The van der Waals surface area contributed by atoms with E-state index >= 15 is 0 Å². The van der Waals surface area contributed by atoms with Gasteiger partial charge in [-0.3, -0.25) is 4.98 Å². The van der Waals surface area contributed by atoms with Gasteiger partial charge in [-0.1, -0.05) is 0 Å². The molecule has 0 saturated heterocycles. The maximum Gasteiger partial charge on any atom is 0.315 e. The number of carbonyl (C=O) groups excluding carboxylic acids is 1. The quantitative estimate of drug-likeness (QED) is 0.774. The number of urea groups is 1. The number of hydrogen-bond acceptors (Lipinski definition) is 3. The van der Waals surface area contributed by atoms with Crippen LogP contribution in [0.15, 0.2) is 53.2 Å². The molecule has 1 atom stereocenters. The molecule has 6 heteroatoms. The summed E-state index contributed by atoms with van der Waals surface area (Å²) in [6, 6.07) is 9.07. The molecule has 0 fully saturated rings. The van der Waals surface area contributed by atoms with Crippen molar-refractivity contribution in [2.75, 3.05) is 0 Å².